The predicted octanol–water partition coefficient (Wildman–Crippen LogP) is 12.9. The second-order valence-corrected chi connectivity index (χ2v) is 19.5. The van der Waals surface area contributed by atoms with Crippen molar-refractivity contribution in [3.63, 3.8) is 0 Å². The van der Waals surface area contributed by atoms with Crippen molar-refractivity contribution in [3.05, 3.63) is 249 Å². The van der Waals surface area contributed by atoms with Gasteiger partial charge in [0.1, 0.15) is 11.2 Å². The normalized spacial score (nSPS) is 11.6. The molecule has 0 spiro atoms. The van der Waals surface area contributed by atoms with Gasteiger partial charge in [-0.2, -0.15) is 0 Å². The summed E-state index contributed by atoms with van der Waals surface area (Å²) in [7, 11) is -2.61. The summed E-state index contributed by atoms with van der Waals surface area (Å²) in [6, 6.07) is 90.5. The van der Waals surface area contributed by atoms with E-state index in [0.717, 1.165) is 39.0 Å². The Morgan fingerprint density at radius 2 is 0.738 bits per heavy atom. The molecule has 1 aromatic heterocycles. The van der Waals surface area contributed by atoms with Crippen LogP contribution < -0.4 is 25.6 Å². The summed E-state index contributed by atoms with van der Waals surface area (Å²) in [5.41, 5.74) is 9.74. The Kier molecular flexibility index (Phi) is 9.22. The number of furan rings is 1. The SMILES string of the molecule is c1ccc(-c2ccc3oc4ccc(N(c5ccc(-c6ccc([Si](c7ccccc7)(c7ccccc7)c7ccccc7)cc6)cc5)c5cccc6ccccc56)cc4c3c2)cc1. The summed E-state index contributed by atoms with van der Waals surface area (Å²) < 4.78 is 6.41. The molecule has 11 rings (SSSR count). The smallest absolute Gasteiger partial charge is 0.179 e. The summed E-state index contributed by atoms with van der Waals surface area (Å²) in [4.78, 5) is 2.38. The van der Waals surface area contributed by atoms with Gasteiger partial charge in [-0.25, -0.2) is 0 Å². The highest BCUT2D eigenvalue weighted by molar-refractivity contribution is 7.19. The lowest BCUT2D eigenvalue weighted by Gasteiger charge is -2.34. The second-order valence-electron chi connectivity index (χ2n) is 15.7. The van der Waals surface area contributed by atoms with Crippen molar-refractivity contribution in [1.82, 2.24) is 0 Å². The van der Waals surface area contributed by atoms with Crippen molar-refractivity contribution >= 4 is 78.6 Å². The van der Waals surface area contributed by atoms with Crippen LogP contribution in [0.5, 0.6) is 0 Å². The molecule has 0 atom stereocenters. The van der Waals surface area contributed by atoms with Gasteiger partial charge in [0, 0.05) is 27.5 Å². The van der Waals surface area contributed by atoms with Crippen LogP contribution in [0.15, 0.2) is 253 Å². The molecule has 1 heterocycles. The average molecular weight is 796 g/mol. The quantitative estimate of drug-likeness (QED) is 0.107. The second kappa shape index (κ2) is 15.5. The maximum absolute atomic E-state index is 6.41. The van der Waals surface area contributed by atoms with E-state index in [1.807, 2.05) is 0 Å². The molecule has 0 aliphatic rings. The molecule has 0 radical (unpaired) electrons. The molecular formula is C58H41NOSi. The van der Waals surface area contributed by atoms with E-state index >= 15 is 0 Å². The molecule has 0 N–H and O–H groups in total. The van der Waals surface area contributed by atoms with Crippen molar-refractivity contribution in [2.75, 3.05) is 4.90 Å². The van der Waals surface area contributed by atoms with Gasteiger partial charge >= 0.3 is 0 Å². The van der Waals surface area contributed by atoms with Gasteiger partial charge < -0.3 is 9.32 Å². The monoisotopic (exact) mass is 795 g/mol. The third-order valence-electron chi connectivity index (χ3n) is 12.2. The Bertz CT molecular complexity index is 3170. The Morgan fingerprint density at radius 3 is 1.36 bits per heavy atom. The summed E-state index contributed by atoms with van der Waals surface area (Å²) in [5.74, 6) is 0. The van der Waals surface area contributed by atoms with Gasteiger partial charge in [0.25, 0.3) is 0 Å². The van der Waals surface area contributed by atoms with Gasteiger partial charge in [-0.1, -0.05) is 200 Å². The predicted molar refractivity (Wildman–Crippen MR) is 260 cm³/mol. The minimum absolute atomic E-state index is 0.875. The first-order valence-electron chi connectivity index (χ1n) is 20.9. The first-order valence-corrected chi connectivity index (χ1v) is 22.9. The Morgan fingerprint density at radius 1 is 0.295 bits per heavy atom. The summed E-state index contributed by atoms with van der Waals surface area (Å²) in [6.45, 7) is 0. The number of rotatable bonds is 9. The first-order chi connectivity index (χ1) is 30.2. The van der Waals surface area contributed by atoms with E-state index in [-0.39, 0.29) is 0 Å². The molecule has 0 aliphatic carbocycles. The molecule has 0 saturated carbocycles. The van der Waals surface area contributed by atoms with Crippen LogP contribution in [0.1, 0.15) is 0 Å². The Hall–Kier alpha value is -7.72. The molecule has 11 aromatic rings. The highest BCUT2D eigenvalue weighted by Gasteiger charge is 2.41. The molecule has 0 fully saturated rings. The molecular weight excluding hydrogens is 755 g/mol. The molecule has 0 unspecified atom stereocenters. The van der Waals surface area contributed by atoms with Crippen LogP contribution in [0.4, 0.5) is 17.1 Å². The van der Waals surface area contributed by atoms with Crippen LogP contribution in [0.25, 0.3) is 55.0 Å². The van der Waals surface area contributed by atoms with Gasteiger partial charge in [0.05, 0.1) is 5.69 Å². The lowest BCUT2D eigenvalue weighted by Crippen LogP contribution is -2.74. The molecule has 2 nitrogen and oxygen atoms in total. The number of hydrogen-bond donors (Lipinski definition) is 0. The number of fused-ring (bicyclic) bond motifs is 4. The molecule has 3 heteroatoms. The number of benzene rings is 10. The summed E-state index contributed by atoms with van der Waals surface area (Å²) in [6.07, 6.45) is 0. The summed E-state index contributed by atoms with van der Waals surface area (Å²) >= 11 is 0. The third-order valence-corrected chi connectivity index (χ3v) is 17.0. The molecule has 10 aromatic carbocycles. The highest BCUT2D eigenvalue weighted by Crippen LogP contribution is 2.42. The molecule has 288 valence electrons. The largest absolute Gasteiger partial charge is 0.456 e. The van der Waals surface area contributed by atoms with Crippen LogP contribution in [0.3, 0.4) is 0 Å². The topological polar surface area (TPSA) is 16.4 Å². The fourth-order valence-electron chi connectivity index (χ4n) is 9.33. The van der Waals surface area contributed by atoms with E-state index in [1.54, 1.807) is 0 Å². The van der Waals surface area contributed by atoms with Crippen LogP contribution in [0.2, 0.25) is 0 Å². The van der Waals surface area contributed by atoms with E-state index in [1.165, 1.54) is 53.8 Å². The van der Waals surface area contributed by atoms with Gasteiger partial charge in [0.15, 0.2) is 8.07 Å². The maximum atomic E-state index is 6.41. The van der Waals surface area contributed by atoms with Crippen molar-refractivity contribution in [1.29, 1.82) is 0 Å². The van der Waals surface area contributed by atoms with Crippen LogP contribution in [-0.2, 0) is 0 Å². The Balaban J connectivity index is 1.01. The molecule has 61 heavy (non-hydrogen) atoms. The van der Waals surface area contributed by atoms with E-state index in [4.69, 9.17) is 4.42 Å². The molecule has 0 aliphatic heterocycles. The zero-order chi connectivity index (χ0) is 40.6. The lowest BCUT2D eigenvalue weighted by molar-refractivity contribution is 0.669. The number of hydrogen-bond acceptors (Lipinski definition) is 2. The van der Waals surface area contributed by atoms with Crippen molar-refractivity contribution < 1.29 is 4.42 Å². The molecule has 0 saturated heterocycles. The zero-order valence-corrected chi connectivity index (χ0v) is 34.5. The van der Waals surface area contributed by atoms with Crippen molar-refractivity contribution in [2.45, 2.75) is 0 Å². The maximum Gasteiger partial charge on any atom is 0.179 e. The van der Waals surface area contributed by atoms with Gasteiger partial charge in [-0.05, 0) is 96.9 Å². The average Bonchev–Trinajstić information content (AvgIpc) is 3.71. The van der Waals surface area contributed by atoms with E-state index in [0.29, 0.717) is 0 Å². The van der Waals surface area contributed by atoms with E-state index < -0.39 is 8.07 Å². The van der Waals surface area contributed by atoms with Gasteiger partial charge in [-0.3, -0.25) is 0 Å². The first kappa shape index (κ1) is 36.4. The highest BCUT2D eigenvalue weighted by atomic mass is 28.3. The minimum atomic E-state index is -2.61. The lowest BCUT2D eigenvalue weighted by atomic mass is 10.0. The standard InChI is InChI=1S/C58H41NOSi/c1-5-16-42(17-6-1)46-32-38-57-54(40-46)55-41-48(35-39-58(55)60-57)59(56-27-15-19-45-18-13-14-26-53(45)56)47-33-28-43(29-34-47)44-30-36-52(37-31-44)61(49-20-7-2-8-21-49,50-22-9-3-10-23-50)51-24-11-4-12-25-51/h1-41H. The van der Waals surface area contributed by atoms with E-state index in [2.05, 4.69) is 254 Å². The molecule has 0 amide bonds. The number of nitrogens with zero attached hydrogens (tertiary/aromatic N) is 1. The van der Waals surface area contributed by atoms with Crippen molar-refractivity contribution in [2.24, 2.45) is 0 Å². The fraction of sp³-hybridized carbons (Fsp3) is 0. The van der Waals surface area contributed by atoms with Crippen LogP contribution in [0, 0.1) is 0 Å². The minimum Gasteiger partial charge on any atom is -0.456 e. The molecule has 0 bridgehead atoms. The zero-order valence-electron chi connectivity index (χ0n) is 33.5. The van der Waals surface area contributed by atoms with Crippen LogP contribution in [-0.4, -0.2) is 8.07 Å². The third kappa shape index (κ3) is 6.44. The number of anilines is 3. The van der Waals surface area contributed by atoms with E-state index in [9.17, 15) is 0 Å². The van der Waals surface area contributed by atoms with Crippen LogP contribution >= 0.6 is 0 Å². The van der Waals surface area contributed by atoms with Crippen molar-refractivity contribution in [3.8, 4) is 22.3 Å². The van der Waals surface area contributed by atoms with Gasteiger partial charge in [0.2, 0.25) is 0 Å². The Labute approximate surface area is 357 Å². The van der Waals surface area contributed by atoms with Gasteiger partial charge in [-0.15, -0.1) is 0 Å². The summed E-state index contributed by atoms with van der Waals surface area (Å²) in [5, 5.41) is 10.1. The fourth-order valence-corrected chi connectivity index (χ4v) is 14.1.